The van der Waals surface area contributed by atoms with E-state index in [1.54, 1.807) is 24.3 Å². The van der Waals surface area contributed by atoms with E-state index in [1.165, 1.54) is 13.3 Å². The van der Waals surface area contributed by atoms with Gasteiger partial charge >= 0.3 is 0 Å². The van der Waals surface area contributed by atoms with Crippen LogP contribution in [0.4, 0.5) is 0 Å². The van der Waals surface area contributed by atoms with Crippen LogP contribution in [0.5, 0.6) is 0 Å². The van der Waals surface area contributed by atoms with E-state index in [4.69, 9.17) is 33.2 Å². The van der Waals surface area contributed by atoms with Crippen LogP contribution in [0, 0.1) is 11.3 Å². The summed E-state index contributed by atoms with van der Waals surface area (Å²) >= 11 is 11.9. The van der Waals surface area contributed by atoms with E-state index in [0.29, 0.717) is 21.3 Å². The topological polar surface area (TPSA) is 117 Å². The van der Waals surface area contributed by atoms with Gasteiger partial charge in [0.05, 0.1) is 25.3 Å². The number of nitriles is 1. The summed E-state index contributed by atoms with van der Waals surface area (Å²) in [6.45, 7) is 0.0666. The standard InChI is InChI=1S/C18H17Cl2N5O3/c1-28-10-15(18(27)23-9-14-2-3-22-16(8-21)24-14)25-17(26)6-11-4-12(19)7-13(20)5-11/h2-5,7,15H,6,9-10H2,1H3,(H,23,27)(H,25,26)/t15-/m0/s1. The minimum Gasteiger partial charge on any atom is -0.382 e. The molecule has 0 fully saturated rings. The molecule has 1 heterocycles. The molecule has 146 valence electrons. The molecule has 8 nitrogen and oxygen atoms in total. The second kappa shape index (κ2) is 10.6. The summed E-state index contributed by atoms with van der Waals surface area (Å²) in [5.74, 6) is -0.825. The maximum absolute atomic E-state index is 12.4. The molecule has 1 aromatic heterocycles. The van der Waals surface area contributed by atoms with Gasteiger partial charge in [0.15, 0.2) is 0 Å². The molecule has 0 aliphatic carbocycles. The Hall–Kier alpha value is -2.73. The molecule has 0 saturated heterocycles. The highest BCUT2D eigenvalue weighted by molar-refractivity contribution is 6.34. The highest BCUT2D eigenvalue weighted by Crippen LogP contribution is 2.19. The first-order valence-electron chi connectivity index (χ1n) is 8.14. The van der Waals surface area contributed by atoms with E-state index in [9.17, 15) is 9.59 Å². The molecule has 0 saturated carbocycles. The number of halogens is 2. The van der Waals surface area contributed by atoms with Gasteiger partial charge in [-0.1, -0.05) is 23.2 Å². The van der Waals surface area contributed by atoms with Gasteiger partial charge in [0.25, 0.3) is 0 Å². The average molecular weight is 422 g/mol. The van der Waals surface area contributed by atoms with Crippen molar-refractivity contribution in [3.8, 4) is 6.07 Å². The monoisotopic (exact) mass is 421 g/mol. The van der Waals surface area contributed by atoms with Crippen LogP contribution in [0.3, 0.4) is 0 Å². The van der Waals surface area contributed by atoms with Crippen LogP contribution in [0.1, 0.15) is 17.1 Å². The Bertz CT molecular complexity index is 881. The molecule has 0 spiro atoms. The highest BCUT2D eigenvalue weighted by Gasteiger charge is 2.21. The fourth-order valence-electron chi connectivity index (χ4n) is 2.34. The zero-order valence-electron chi connectivity index (χ0n) is 14.9. The van der Waals surface area contributed by atoms with Gasteiger partial charge in [0, 0.05) is 23.4 Å². The van der Waals surface area contributed by atoms with Crippen LogP contribution in [0.15, 0.2) is 30.5 Å². The summed E-state index contributed by atoms with van der Waals surface area (Å²) in [5.41, 5.74) is 1.09. The number of benzene rings is 1. The number of hydrogen-bond donors (Lipinski definition) is 2. The fraction of sp³-hybridized carbons (Fsp3) is 0.278. The van der Waals surface area contributed by atoms with Gasteiger partial charge < -0.3 is 15.4 Å². The SMILES string of the molecule is COC[C@H](NC(=O)Cc1cc(Cl)cc(Cl)c1)C(=O)NCc1ccnc(C#N)n1. The number of carbonyl (C=O) groups is 2. The summed E-state index contributed by atoms with van der Waals surface area (Å²) in [4.78, 5) is 32.4. The number of nitrogens with one attached hydrogen (secondary N) is 2. The number of nitrogens with zero attached hydrogens (tertiary/aromatic N) is 3. The van der Waals surface area contributed by atoms with Crippen molar-refractivity contribution in [1.82, 2.24) is 20.6 Å². The minimum absolute atomic E-state index is 0.00517. The normalized spacial score (nSPS) is 11.4. The molecule has 28 heavy (non-hydrogen) atoms. The molecule has 0 bridgehead atoms. The van der Waals surface area contributed by atoms with E-state index in [0.717, 1.165) is 0 Å². The van der Waals surface area contributed by atoms with Crippen LogP contribution in [0.25, 0.3) is 0 Å². The quantitative estimate of drug-likeness (QED) is 0.668. The smallest absolute Gasteiger partial charge is 0.245 e. The molecular formula is C18H17Cl2N5O3. The third-order valence-electron chi connectivity index (χ3n) is 3.53. The first-order chi connectivity index (χ1) is 13.4. The van der Waals surface area contributed by atoms with E-state index in [1.807, 2.05) is 6.07 Å². The summed E-state index contributed by atoms with van der Waals surface area (Å²) < 4.78 is 5.02. The van der Waals surface area contributed by atoms with Crippen LogP contribution >= 0.6 is 23.2 Å². The van der Waals surface area contributed by atoms with E-state index < -0.39 is 11.9 Å². The second-order valence-corrected chi connectivity index (χ2v) is 6.60. The molecule has 1 atom stereocenters. The van der Waals surface area contributed by atoms with Gasteiger partial charge in [-0.05, 0) is 29.8 Å². The highest BCUT2D eigenvalue weighted by atomic mass is 35.5. The lowest BCUT2D eigenvalue weighted by molar-refractivity contribution is -0.130. The summed E-state index contributed by atoms with van der Waals surface area (Å²) in [5, 5.41) is 14.9. The van der Waals surface area contributed by atoms with Gasteiger partial charge in [-0.2, -0.15) is 5.26 Å². The van der Waals surface area contributed by atoms with Crippen molar-refractivity contribution in [1.29, 1.82) is 5.26 Å². The Labute approximate surface area is 171 Å². The second-order valence-electron chi connectivity index (χ2n) is 5.73. The van der Waals surface area contributed by atoms with Crippen molar-refractivity contribution in [3.63, 3.8) is 0 Å². The van der Waals surface area contributed by atoms with Gasteiger partial charge in [0.1, 0.15) is 12.1 Å². The number of hydrogen-bond acceptors (Lipinski definition) is 6. The predicted molar refractivity (Wildman–Crippen MR) is 103 cm³/mol. The Balaban J connectivity index is 1.95. The lowest BCUT2D eigenvalue weighted by atomic mass is 10.1. The van der Waals surface area contributed by atoms with Crippen molar-refractivity contribution < 1.29 is 14.3 Å². The fourth-order valence-corrected chi connectivity index (χ4v) is 2.91. The van der Waals surface area contributed by atoms with Gasteiger partial charge in [-0.15, -0.1) is 0 Å². The summed E-state index contributed by atoms with van der Waals surface area (Å²) in [6, 6.07) is 7.32. The number of carbonyl (C=O) groups excluding carboxylic acids is 2. The molecule has 1 aromatic carbocycles. The van der Waals surface area contributed by atoms with Crippen molar-refractivity contribution >= 4 is 35.0 Å². The van der Waals surface area contributed by atoms with Crippen LogP contribution in [-0.2, 0) is 27.3 Å². The molecular weight excluding hydrogens is 405 g/mol. The van der Waals surface area contributed by atoms with Crippen LogP contribution < -0.4 is 10.6 Å². The predicted octanol–water partition coefficient (Wildman–Crippen LogP) is 1.65. The molecule has 2 aromatic rings. The molecule has 0 unspecified atom stereocenters. The molecule has 0 radical (unpaired) electrons. The first kappa shape index (κ1) is 21.6. The zero-order valence-corrected chi connectivity index (χ0v) is 16.4. The van der Waals surface area contributed by atoms with Crippen molar-refractivity contribution in [2.75, 3.05) is 13.7 Å². The number of aromatic nitrogens is 2. The molecule has 2 amide bonds. The number of ether oxygens (including phenoxy) is 1. The lowest BCUT2D eigenvalue weighted by Gasteiger charge is -2.17. The third-order valence-corrected chi connectivity index (χ3v) is 3.97. The van der Waals surface area contributed by atoms with E-state index in [-0.39, 0.29) is 31.3 Å². The van der Waals surface area contributed by atoms with E-state index >= 15 is 0 Å². The Morgan fingerprint density at radius 1 is 1.29 bits per heavy atom. The van der Waals surface area contributed by atoms with E-state index in [2.05, 4.69) is 20.6 Å². The van der Waals surface area contributed by atoms with Crippen LogP contribution in [0.2, 0.25) is 10.0 Å². The number of amides is 2. The minimum atomic E-state index is -0.899. The first-order valence-corrected chi connectivity index (χ1v) is 8.90. The average Bonchev–Trinajstić information content (AvgIpc) is 2.65. The number of rotatable bonds is 8. The van der Waals surface area contributed by atoms with Gasteiger partial charge in [-0.25, -0.2) is 9.97 Å². The summed E-state index contributed by atoms with van der Waals surface area (Å²) in [6.07, 6.45) is 1.43. The van der Waals surface area contributed by atoms with Crippen molar-refractivity contribution in [2.24, 2.45) is 0 Å². The Morgan fingerprint density at radius 3 is 2.64 bits per heavy atom. The van der Waals surface area contributed by atoms with Crippen molar-refractivity contribution in [2.45, 2.75) is 19.0 Å². The molecule has 2 N–H and O–H groups in total. The third kappa shape index (κ3) is 6.78. The Kier molecular flexibility index (Phi) is 8.14. The van der Waals surface area contributed by atoms with Crippen molar-refractivity contribution in [3.05, 3.63) is 57.6 Å². The van der Waals surface area contributed by atoms with Gasteiger partial charge in [-0.3, -0.25) is 9.59 Å². The maximum atomic E-state index is 12.4. The lowest BCUT2D eigenvalue weighted by Crippen LogP contribution is -2.49. The zero-order chi connectivity index (χ0) is 20.5. The molecule has 0 aliphatic rings. The Morgan fingerprint density at radius 2 is 2.00 bits per heavy atom. The summed E-state index contributed by atoms with van der Waals surface area (Å²) in [7, 11) is 1.42. The molecule has 10 heteroatoms. The van der Waals surface area contributed by atoms with Crippen LogP contribution in [-0.4, -0.2) is 41.5 Å². The molecule has 0 aliphatic heterocycles. The number of methoxy groups -OCH3 is 1. The maximum Gasteiger partial charge on any atom is 0.245 e. The largest absolute Gasteiger partial charge is 0.382 e. The molecule has 2 rings (SSSR count). The van der Waals surface area contributed by atoms with Gasteiger partial charge in [0.2, 0.25) is 17.6 Å².